The van der Waals surface area contributed by atoms with Crippen molar-refractivity contribution in [2.24, 2.45) is 10.9 Å². The van der Waals surface area contributed by atoms with Gasteiger partial charge in [-0.15, -0.1) is 35.3 Å². The molecule has 22 heavy (non-hydrogen) atoms. The SMILES string of the molecule is CN=C(NCc1ccc(C)s1)NCC(CC(C)C)N(C)C.I. The van der Waals surface area contributed by atoms with Gasteiger partial charge >= 0.3 is 0 Å². The zero-order chi connectivity index (χ0) is 15.8. The molecule has 0 aliphatic rings. The van der Waals surface area contributed by atoms with E-state index in [0.29, 0.717) is 12.0 Å². The van der Waals surface area contributed by atoms with Crippen LogP contribution in [0.2, 0.25) is 0 Å². The number of guanidine groups is 1. The highest BCUT2D eigenvalue weighted by Crippen LogP contribution is 2.14. The summed E-state index contributed by atoms with van der Waals surface area (Å²) in [5, 5.41) is 6.81. The summed E-state index contributed by atoms with van der Waals surface area (Å²) in [5.41, 5.74) is 0. The number of aryl methyl sites for hydroxylation is 1. The number of halogens is 1. The fourth-order valence-corrected chi connectivity index (χ4v) is 3.04. The van der Waals surface area contributed by atoms with Crippen LogP contribution in [-0.4, -0.2) is 44.6 Å². The summed E-state index contributed by atoms with van der Waals surface area (Å²) in [6.45, 7) is 8.41. The van der Waals surface area contributed by atoms with Crippen LogP contribution in [0, 0.1) is 12.8 Å². The molecular weight excluding hydrogens is 407 g/mol. The molecule has 0 radical (unpaired) electrons. The van der Waals surface area contributed by atoms with Crippen molar-refractivity contribution in [1.29, 1.82) is 0 Å². The van der Waals surface area contributed by atoms with E-state index < -0.39 is 0 Å². The molecule has 1 aromatic heterocycles. The molecule has 2 N–H and O–H groups in total. The fourth-order valence-electron chi connectivity index (χ4n) is 2.21. The van der Waals surface area contributed by atoms with Gasteiger partial charge in [0, 0.05) is 29.4 Å². The Bertz CT molecular complexity index is 443. The molecule has 0 fully saturated rings. The van der Waals surface area contributed by atoms with Crippen molar-refractivity contribution >= 4 is 41.3 Å². The van der Waals surface area contributed by atoms with Crippen LogP contribution >= 0.6 is 35.3 Å². The summed E-state index contributed by atoms with van der Waals surface area (Å²) in [6, 6.07) is 4.84. The zero-order valence-corrected chi connectivity index (χ0v) is 17.8. The third-order valence-electron chi connectivity index (χ3n) is 3.43. The first-order chi connectivity index (χ1) is 9.92. The van der Waals surface area contributed by atoms with E-state index in [1.54, 1.807) is 0 Å². The number of nitrogens with zero attached hydrogens (tertiary/aromatic N) is 2. The zero-order valence-electron chi connectivity index (χ0n) is 14.6. The van der Waals surface area contributed by atoms with Crippen molar-refractivity contribution in [2.45, 2.75) is 39.8 Å². The van der Waals surface area contributed by atoms with E-state index in [0.717, 1.165) is 19.0 Å². The number of thiophene rings is 1. The molecule has 1 atom stereocenters. The third kappa shape index (κ3) is 8.33. The highest BCUT2D eigenvalue weighted by Gasteiger charge is 2.13. The van der Waals surface area contributed by atoms with Crippen molar-refractivity contribution in [1.82, 2.24) is 15.5 Å². The van der Waals surface area contributed by atoms with Crippen molar-refractivity contribution in [2.75, 3.05) is 27.7 Å². The van der Waals surface area contributed by atoms with E-state index in [1.165, 1.54) is 16.2 Å². The van der Waals surface area contributed by atoms with E-state index in [9.17, 15) is 0 Å². The standard InChI is InChI=1S/C16H30N4S.HI/c1-12(2)9-14(20(5)6)10-18-16(17-4)19-11-15-8-7-13(3)21-15;/h7-8,12,14H,9-11H2,1-6H3,(H2,17,18,19);1H. The van der Waals surface area contributed by atoms with Crippen molar-refractivity contribution in [3.05, 3.63) is 21.9 Å². The van der Waals surface area contributed by atoms with Crippen molar-refractivity contribution in [3.8, 4) is 0 Å². The van der Waals surface area contributed by atoms with Gasteiger partial charge in [0.2, 0.25) is 0 Å². The Balaban J connectivity index is 0.00000441. The lowest BCUT2D eigenvalue weighted by Crippen LogP contribution is -2.45. The van der Waals surface area contributed by atoms with Crippen LogP contribution in [0.25, 0.3) is 0 Å². The van der Waals surface area contributed by atoms with Gasteiger partial charge in [-0.3, -0.25) is 4.99 Å². The molecule has 1 heterocycles. The van der Waals surface area contributed by atoms with Crippen LogP contribution in [0.15, 0.2) is 17.1 Å². The minimum atomic E-state index is 0. The van der Waals surface area contributed by atoms with Crippen LogP contribution in [0.1, 0.15) is 30.0 Å². The highest BCUT2D eigenvalue weighted by atomic mass is 127. The monoisotopic (exact) mass is 438 g/mol. The minimum Gasteiger partial charge on any atom is -0.355 e. The van der Waals surface area contributed by atoms with Crippen LogP contribution in [0.5, 0.6) is 0 Å². The van der Waals surface area contributed by atoms with Crippen LogP contribution in [0.3, 0.4) is 0 Å². The minimum absolute atomic E-state index is 0. The summed E-state index contributed by atoms with van der Waals surface area (Å²) in [7, 11) is 6.10. The molecule has 128 valence electrons. The molecule has 1 rings (SSSR count). The molecule has 6 heteroatoms. The molecule has 0 amide bonds. The Hall–Kier alpha value is -0.340. The smallest absolute Gasteiger partial charge is 0.191 e. The van der Waals surface area contributed by atoms with Crippen LogP contribution < -0.4 is 10.6 Å². The lowest BCUT2D eigenvalue weighted by Gasteiger charge is -2.27. The second-order valence-electron chi connectivity index (χ2n) is 6.07. The largest absolute Gasteiger partial charge is 0.355 e. The second-order valence-corrected chi connectivity index (χ2v) is 7.44. The topological polar surface area (TPSA) is 39.7 Å². The van der Waals surface area contributed by atoms with Gasteiger partial charge in [-0.25, -0.2) is 0 Å². The average molecular weight is 438 g/mol. The summed E-state index contributed by atoms with van der Waals surface area (Å²) in [6.07, 6.45) is 1.18. The third-order valence-corrected chi connectivity index (χ3v) is 4.43. The molecule has 0 bridgehead atoms. The number of rotatable bonds is 7. The van der Waals surface area contributed by atoms with Crippen LogP contribution in [-0.2, 0) is 6.54 Å². The van der Waals surface area contributed by atoms with Gasteiger partial charge in [-0.2, -0.15) is 0 Å². The lowest BCUT2D eigenvalue weighted by molar-refractivity contribution is 0.254. The molecule has 0 aliphatic heterocycles. The Morgan fingerprint density at radius 1 is 1.27 bits per heavy atom. The average Bonchev–Trinajstić information content (AvgIpc) is 2.82. The maximum absolute atomic E-state index is 4.30. The first-order valence-corrected chi connectivity index (χ1v) is 8.40. The number of aliphatic imine (C=N–C) groups is 1. The van der Waals surface area contributed by atoms with Gasteiger partial charge in [0.1, 0.15) is 0 Å². The Morgan fingerprint density at radius 2 is 1.95 bits per heavy atom. The van der Waals surface area contributed by atoms with Gasteiger partial charge in [-0.1, -0.05) is 13.8 Å². The predicted molar refractivity (Wildman–Crippen MR) is 110 cm³/mol. The normalized spacial score (nSPS) is 13.2. The molecule has 0 aliphatic carbocycles. The molecule has 0 spiro atoms. The summed E-state index contributed by atoms with van der Waals surface area (Å²) in [4.78, 5) is 9.26. The Kier molecular flexibility index (Phi) is 11.1. The summed E-state index contributed by atoms with van der Waals surface area (Å²) >= 11 is 1.82. The maximum atomic E-state index is 4.30. The fraction of sp³-hybridized carbons (Fsp3) is 0.688. The van der Waals surface area contributed by atoms with Gasteiger partial charge in [0.05, 0.1) is 6.54 Å². The highest BCUT2D eigenvalue weighted by molar-refractivity contribution is 14.0. The summed E-state index contributed by atoms with van der Waals surface area (Å²) < 4.78 is 0. The van der Waals surface area contributed by atoms with E-state index in [4.69, 9.17) is 0 Å². The number of nitrogens with one attached hydrogen (secondary N) is 2. The maximum Gasteiger partial charge on any atom is 0.191 e. The molecule has 0 aromatic carbocycles. The van der Waals surface area contributed by atoms with Gasteiger partial charge < -0.3 is 15.5 Å². The number of likely N-dealkylation sites (N-methyl/N-ethyl adjacent to an activating group) is 1. The van der Waals surface area contributed by atoms with Crippen molar-refractivity contribution < 1.29 is 0 Å². The predicted octanol–water partition coefficient (Wildman–Crippen LogP) is 3.32. The van der Waals surface area contributed by atoms with E-state index in [1.807, 2.05) is 18.4 Å². The van der Waals surface area contributed by atoms with Crippen LogP contribution in [0.4, 0.5) is 0 Å². The van der Waals surface area contributed by atoms with Crippen molar-refractivity contribution in [3.63, 3.8) is 0 Å². The second kappa shape index (κ2) is 11.2. The van der Waals surface area contributed by atoms with E-state index in [-0.39, 0.29) is 24.0 Å². The molecule has 0 saturated carbocycles. The quantitative estimate of drug-likeness (QED) is 0.390. The van der Waals surface area contributed by atoms with Gasteiger partial charge in [0.15, 0.2) is 5.96 Å². The molecule has 1 unspecified atom stereocenters. The van der Waals surface area contributed by atoms with Gasteiger partial charge in [0.25, 0.3) is 0 Å². The molecule has 1 aromatic rings. The van der Waals surface area contributed by atoms with E-state index >= 15 is 0 Å². The first kappa shape index (κ1) is 21.7. The first-order valence-electron chi connectivity index (χ1n) is 7.58. The Morgan fingerprint density at radius 3 is 2.41 bits per heavy atom. The molecule has 0 saturated heterocycles. The number of hydrogen-bond donors (Lipinski definition) is 2. The van der Waals surface area contributed by atoms with Gasteiger partial charge in [-0.05, 0) is 45.5 Å². The summed E-state index contributed by atoms with van der Waals surface area (Å²) in [5.74, 6) is 1.57. The number of hydrogen-bond acceptors (Lipinski definition) is 3. The Labute approximate surface area is 156 Å². The molecular formula is C16H31IN4S. The lowest BCUT2D eigenvalue weighted by atomic mass is 10.0. The van der Waals surface area contributed by atoms with E-state index in [2.05, 4.69) is 67.5 Å². The molecule has 4 nitrogen and oxygen atoms in total.